The van der Waals surface area contributed by atoms with E-state index in [-0.39, 0.29) is 11.8 Å². The maximum Gasteiger partial charge on any atom is 0.246 e. The van der Waals surface area contributed by atoms with Gasteiger partial charge < -0.3 is 9.64 Å². The molecule has 0 aromatic heterocycles. The van der Waals surface area contributed by atoms with Crippen LogP contribution in [0.2, 0.25) is 5.02 Å². The first-order valence-corrected chi connectivity index (χ1v) is 8.15. The van der Waals surface area contributed by atoms with Crippen LogP contribution in [0.15, 0.2) is 18.2 Å². The number of amides is 2. The third-order valence-corrected chi connectivity index (χ3v) is 4.50. The second-order valence-electron chi connectivity index (χ2n) is 5.86. The highest BCUT2D eigenvalue weighted by Crippen LogP contribution is 2.32. The Kier molecular flexibility index (Phi) is 4.84. The molecule has 0 spiro atoms. The minimum atomic E-state index is -0.657. The van der Waals surface area contributed by atoms with Gasteiger partial charge >= 0.3 is 0 Å². The summed E-state index contributed by atoms with van der Waals surface area (Å²) >= 11 is 6.24. The Morgan fingerprint density at radius 2 is 2.04 bits per heavy atom. The first-order valence-electron chi connectivity index (χ1n) is 7.77. The van der Waals surface area contributed by atoms with Crippen LogP contribution in [0, 0.1) is 12.8 Å². The van der Waals surface area contributed by atoms with E-state index in [9.17, 15) is 9.59 Å². The lowest BCUT2D eigenvalue weighted by Crippen LogP contribution is -2.51. The zero-order chi connectivity index (χ0) is 16.4. The number of nitrogens with zero attached hydrogens (tertiary/aromatic N) is 2. The summed E-state index contributed by atoms with van der Waals surface area (Å²) in [5.74, 6) is -1.10. The molecule has 1 aromatic carbocycles. The maximum absolute atomic E-state index is 12.6. The minimum Gasteiger partial charge on any atom is -0.379 e. The fourth-order valence-corrected chi connectivity index (χ4v) is 3.24. The Hall–Kier alpha value is -1.63. The highest BCUT2D eigenvalue weighted by atomic mass is 35.5. The number of aryl methyl sites for hydroxylation is 1. The first-order chi connectivity index (χ1) is 11.1. The second kappa shape index (κ2) is 6.86. The molecule has 1 atom stereocenters. The predicted octanol–water partition coefficient (Wildman–Crippen LogP) is 1.36. The largest absolute Gasteiger partial charge is 0.379 e. The third-order valence-electron chi connectivity index (χ3n) is 4.20. The van der Waals surface area contributed by atoms with E-state index in [1.54, 1.807) is 9.91 Å². The van der Waals surface area contributed by atoms with Crippen molar-refractivity contribution in [3.05, 3.63) is 28.8 Å². The number of benzene rings is 1. The summed E-state index contributed by atoms with van der Waals surface area (Å²) in [4.78, 5) is 26.6. The fourth-order valence-electron chi connectivity index (χ4n) is 2.90. The van der Waals surface area contributed by atoms with E-state index in [0.717, 1.165) is 5.56 Å². The number of ether oxygens (including phenoxy) is 1. The molecule has 3 rings (SSSR count). The topological polar surface area (TPSA) is 61.9 Å². The first kappa shape index (κ1) is 16.2. The molecule has 6 nitrogen and oxygen atoms in total. The molecule has 2 heterocycles. The van der Waals surface area contributed by atoms with E-state index in [1.165, 1.54) is 0 Å². The number of hydrogen-bond donors (Lipinski definition) is 1. The lowest BCUT2D eigenvalue weighted by molar-refractivity contribution is -0.137. The maximum atomic E-state index is 12.6. The molecule has 0 bridgehead atoms. The standard InChI is InChI=1S/C16H20ClN3O3/c1-11-2-3-14(13(17)10-11)20-5-4-12(16(20)22)15(21)18-19-6-8-23-9-7-19/h2-3,10,12H,4-9H2,1H3,(H,18,21)/t12-/m1/s1. The molecule has 2 aliphatic heterocycles. The van der Waals surface area contributed by atoms with Crippen LogP contribution < -0.4 is 10.3 Å². The van der Waals surface area contributed by atoms with Gasteiger partial charge in [-0.2, -0.15) is 0 Å². The van der Waals surface area contributed by atoms with Crippen molar-refractivity contribution in [1.82, 2.24) is 10.4 Å². The van der Waals surface area contributed by atoms with Gasteiger partial charge in [-0.1, -0.05) is 17.7 Å². The van der Waals surface area contributed by atoms with Crippen LogP contribution in [-0.4, -0.2) is 49.7 Å². The van der Waals surface area contributed by atoms with Crippen LogP contribution in [0.1, 0.15) is 12.0 Å². The zero-order valence-corrected chi connectivity index (χ0v) is 13.8. The minimum absolute atomic E-state index is 0.193. The molecule has 1 aromatic rings. The van der Waals surface area contributed by atoms with Crippen LogP contribution in [0.4, 0.5) is 5.69 Å². The monoisotopic (exact) mass is 337 g/mol. The van der Waals surface area contributed by atoms with E-state index < -0.39 is 5.92 Å². The normalized spacial score (nSPS) is 22.4. The van der Waals surface area contributed by atoms with Gasteiger partial charge in [-0.25, -0.2) is 5.01 Å². The predicted molar refractivity (Wildman–Crippen MR) is 87.2 cm³/mol. The molecule has 7 heteroatoms. The van der Waals surface area contributed by atoms with E-state index in [0.29, 0.717) is 50.0 Å². The summed E-state index contributed by atoms with van der Waals surface area (Å²) in [5.41, 5.74) is 4.53. The van der Waals surface area contributed by atoms with Crippen LogP contribution in [0.5, 0.6) is 0 Å². The molecule has 2 fully saturated rings. The Morgan fingerprint density at radius 3 is 2.74 bits per heavy atom. The van der Waals surface area contributed by atoms with Crippen molar-refractivity contribution in [3.8, 4) is 0 Å². The van der Waals surface area contributed by atoms with Crippen molar-refractivity contribution in [2.24, 2.45) is 5.92 Å². The van der Waals surface area contributed by atoms with Gasteiger partial charge in [0.1, 0.15) is 5.92 Å². The van der Waals surface area contributed by atoms with Gasteiger partial charge in [0, 0.05) is 19.6 Å². The average molecular weight is 338 g/mol. The summed E-state index contributed by atoms with van der Waals surface area (Å²) in [6.07, 6.45) is 0.499. The van der Waals surface area contributed by atoms with Gasteiger partial charge in [-0.3, -0.25) is 15.0 Å². The third kappa shape index (κ3) is 3.49. The van der Waals surface area contributed by atoms with Crippen LogP contribution in [0.3, 0.4) is 0 Å². The van der Waals surface area contributed by atoms with Gasteiger partial charge in [0.2, 0.25) is 11.8 Å². The van der Waals surface area contributed by atoms with Gasteiger partial charge in [-0.15, -0.1) is 0 Å². The average Bonchev–Trinajstić information content (AvgIpc) is 2.90. The molecule has 2 saturated heterocycles. The van der Waals surface area contributed by atoms with Crippen molar-refractivity contribution in [3.63, 3.8) is 0 Å². The second-order valence-corrected chi connectivity index (χ2v) is 6.27. The Balaban J connectivity index is 1.67. The molecule has 0 saturated carbocycles. The number of carbonyl (C=O) groups is 2. The Bertz CT molecular complexity index is 617. The summed E-state index contributed by atoms with van der Waals surface area (Å²) in [6.45, 7) is 4.90. The molecule has 0 radical (unpaired) electrons. The number of nitrogens with one attached hydrogen (secondary N) is 1. The molecule has 0 aliphatic carbocycles. The molecule has 2 aliphatic rings. The Labute approximate surface area is 140 Å². The van der Waals surface area contributed by atoms with Crippen LogP contribution >= 0.6 is 11.6 Å². The Morgan fingerprint density at radius 1 is 1.30 bits per heavy atom. The highest BCUT2D eigenvalue weighted by Gasteiger charge is 2.38. The number of hydrazine groups is 1. The molecule has 0 unspecified atom stereocenters. The van der Waals surface area contributed by atoms with Crippen LogP contribution in [0.25, 0.3) is 0 Å². The lowest BCUT2D eigenvalue weighted by atomic mass is 10.1. The van der Waals surface area contributed by atoms with Crippen molar-refractivity contribution >= 4 is 29.1 Å². The van der Waals surface area contributed by atoms with Crippen molar-refractivity contribution < 1.29 is 14.3 Å². The molecule has 2 amide bonds. The van der Waals surface area contributed by atoms with E-state index in [4.69, 9.17) is 16.3 Å². The van der Waals surface area contributed by atoms with Crippen molar-refractivity contribution in [2.75, 3.05) is 37.7 Å². The zero-order valence-electron chi connectivity index (χ0n) is 13.0. The smallest absolute Gasteiger partial charge is 0.246 e. The number of anilines is 1. The van der Waals surface area contributed by atoms with Gasteiger partial charge in [0.25, 0.3) is 0 Å². The summed E-state index contributed by atoms with van der Waals surface area (Å²) < 4.78 is 5.24. The van der Waals surface area contributed by atoms with Crippen molar-refractivity contribution in [2.45, 2.75) is 13.3 Å². The van der Waals surface area contributed by atoms with E-state index in [1.807, 2.05) is 25.1 Å². The van der Waals surface area contributed by atoms with Gasteiger partial charge in [0.15, 0.2) is 0 Å². The highest BCUT2D eigenvalue weighted by molar-refractivity contribution is 6.34. The lowest BCUT2D eigenvalue weighted by Gasteiger charge is -2.27. The molecule has 124 valence electrons. The van der Waals surface area contributed by atoms with Crippen molar-refractivity contribution in [1.29, 1.82) is 0 Å². The summed E-state index contributed by atoms with van der Waals surface area (Å²) in [7, 11) is 0. The number of morpholine rings is 1. The van der Waals surface area contributed by atoms with Gasteiger partial charge in [0.05, 0.1) is 23.9 Å². The SMILES string of the molecule is Cc1ccc(N2CC[C@H](C(=O)NN3CCOCC3)C2=O)c(Cl)c1. The fraction of sp³-hybridized carbons (Fsp3) is 0.500. The number of carbonyl (C=O) groups excluding carboxylic acids is 2. The quantitative estimate of drug-likeness (QED) is 0.846. The van der Waals surface area contributed by atoms with E-state index in [2.05, 4.69) is 5.43 Å². The number of rotatable bonds is 3. The van der Waals surface area contributed by atoms with Gasteiger partial charge in [-0.05, 0) is 31.0 Å². The number of halogens is 1. The molecular weight excluding hydrogens is 318 g/mol. The summed E-state index contributed by atoms with van der Waals surface area (Å²) in [6, 6.07) is 5.57. The van der Waals surface area contributed by atoms with E-state index >= 15 is 0 Å². The number of hydrogen-bond acceptors (Lipinski definition) is 4. The summed E-state index contributed by atoms with van der Waals surface area (Å²) in [5, 5.41) is 2.34. The molecule has 1 N–H and O–H groups in total. The molecular formula is C16H20ClN3O3. The van der Waals surface area contributed by atoms with Crippen LogP contribution in [-0.2, 0) is 14.3 Å². The molecule has 23 heavy (non-hydrogen) atoms.